The van der Waals surface area contributed by atoms with Crippen LogP contribution in [0.2, 0.25) is 0 Å². The number of nitrogen functional groups attached to an aromatic ring is 1. The van der Waals surface area contributed by atoms with E-state index in [2.05, 4.69) is 20.2 Å². The van der Waals surface area contributed by atoms with Gasteiger partial charge in [0, 0.05) is 24.5 Å². The number of aromatic nitrogens is 6. The predicted octanol–water partition coefficient (Wildman–Crippen LogP) is 2.70. The van der Waals surface area contributed by atoms with Crippen LogP contribution in [0.3, 0.4) is 0 Å². The van der Waals surface area contributed by atoms with E-state index in [1.54, 1.807) is 12.4 Å². The van der Waals surface area contributed by atoms with Crippen LogP contribution in [0.4, 0.5) is 5.82 Å². The van der Waals surface area contributed by atoms with Crippen LogP contribution >= 0.6 is 11.8 Å². The van der Waals surface area contributed by atoms with Crippen molar-refractivity contribution in [3.63, 3.8) is 0 Å². The van der Waals surface area contributed by atoms with E-state index in [0.717, 1.165) is 28.6 Å². The average molecular weight is 492 g/mol. The molecule has 0 aliphatic rings. The van der Waals surface area contributed by atoms with Crippen molar-refractivity contribution in [1.82, 2.24) is 29.3 Å². The van der Waals surface area contributed by atoms with Crippen LogP contribution in [0.1, 0.15) is 29.8 Å². The molecule has 0 fully saturated rings. The number of anilines is 1. The molecular formula is C24H25N7O3S. The molecule has 3 N–H and O–H groups in total. The molecule has 0 saturated carbocycles. The Labute approximate surface area is 205 Å². The number of rotatable bonds is 8. The minimum Gasteiger partial charge on any atom is -0.384 e. The van der Waals surface area contributed by atoms with Gasteiger partial charge in [0.2, 0.25) is 0 Å². The normalized spacial score (nSPS) is 11.2. The van der Waals surface area contributed by atoms with Gasteiger partial charge < -0.3 is 5.73 Å². The lowest BCUT2D eigenvalue weighted by Gasteiger charge is -2.14. The van der Waals surface area contributed by atoms with Gasteiger partial charge in [-0.25, -0.2) is 4.79 Å². The van der Waals surface area contributed by atoms with Crippen molar-refractivity contribution in [2.45, 2.75) is 32.5 Å². The molecule has 4 rings (SSSR count). The third kappa shape index (κ3) is 4.94. The Kier molecular flexibility index (Phi) is 6.97. The van der Waals surface area contributed by atoms with Crippen LogP contribution in [0.25, 0.3) is 17.1 Å². The van der Waals surface area contributed by atoms with Crippen LogP contribution in [-0.2, 0) is 6.54 Å². The molecule has 0 amide bonds. The summed E-state index contributed by atoms with van der Waals surface area (Å²) < 4.78 is 3.09. The Hall–Kier alpha value is -3.99. The summed E-state index contributed by atoms with van der Waals surface area (Å²) in [6.07, 6.45) is 3.34. The average Bonchev–Trinajstić information content (AvgIpc) is 3.24. The molecule has 3 aromatic heterocycles. The van der Waals surface area contributed by atoms with Gasteiger partial charge in [-0.1, -0.05) is 43.8 Å². The number of Topliss-reactive ketones (excluding diaryl/α,β-unsaturated/α-hetero) is 1. The molecule has 1 aromatic carbocycles. The molecular weight excluding hydrogens is 466 g/mol. The number of aryl methyl sites for hydroxylation is 1. The van der Waals surface area contributed by atoms with Crippen molar-refractivity contribution in [2.24, 2.45) is 5.92 Å². The number of aromatic amines is 1. The van der Waals surface area contributed by atoms with Gasteiger partial charge in [-0.2, -0.15) is 0 Å². The molecule has 0 saturated heterocycles. The number of benzene rings is 1. The highest BCUT2D eigenvalue weighted by molar-refractivity contribution is 7.99. The molecule has 35 heavy (non-hydrogen) atoms. The molecule has 4 aromatic rings. The number of nitrogens with two attached hydrogens (primary N) is 1. The van der Waals surface area contributed by atoms with E-state index in [4.69, 9.17) is 5.73 Å². The lowest BCUT2D eigenvalue weighted by atomic mass is 10.2. The Balaban J connectivity index is 1.71. The van der Waals surface area contributed by atoms with Gasteiger partial charge in [0.05, 0.1) is 11.4 Å². The first-order valence-corrected chi connectivity index (χ1v) is 12.0. The quantitative estimate of drug-likeness (QED) is 0.283. The molecule has 0 spiro atoms. The van der Waals surface area contributed by atoms with E-state index < -0.39 is 17.0 Å². The number of hydrogen-bond acceptors (Lipinski definition) is 8. The number of carbonyl (C=O) groups is 1. The van der Waals surface area contributed by atoms with E-state index in [1.807, 2.05) is 61.7 Å². The van der Waals surface area contributed by atoms with Gasteiger partial charge in [-0.3, -0.25) is 28.7 Å². The fourth-order valence-electron chi connectivity index (χ4n) is 3.69. The fraction of sp³-hybridized carbons (Fsp3) is 0.250. The molecule has 180 valence electrons. The molecule has 0 bridgehead atoms. The summed E-state index contributed by atoms with van der Waals surface area (Å²) in [6, 6.07) is 11.4. The third-order valence-electron chi connectivity index (χ3n) is 5.33. The van der Waals surface area contributed by atoms with Gasteiger partial charge >= 0.3 is 5.69 Å². The topological polar surface area (TPSA) is 142 Å². The van der Waals surface area contributed by atoms with E-state index in [-0.39, 0.29) is 29.6 Å². The molecule has 11 heteroatoms. The number of carbonyl (C=O) groups excluding carboxylic acids is 1. The van der Waals surface area contributed by atoms with Crippen molar-refractivity contribution in [3.8, 4) is 17.1 Å². The first kappa shape index (κ1) is 24.1. The fourth-order valence-corrected chi connectivity index (χ4v) is 4.51. The summed E-state index contributed by atoms with van der Waals surface area (Å²) in [4.78, 5) is 44.0. The lowest BCUT2D eigenvalue weighted by molar-refractivity contribution is 0.102. The van der Waals surface area contributed by atoms with Crippen LogP contribution in [0.15, 0.2) is 63.5 Å². The maximum atomic E-state index is 13.1. The zero-order valence-electron chi connectivity index (χ0n) is 19.6. The van der Waals surface area contributed by atoms with Crippen molar-refractivity contribution >= 4 is 23.4 Å². The van der Waals surface area contributed by atoms with Crippen molar-refractivity contribution < 1.29 is 4.79 Å². The smallest absolute Gasteiger partial charge is 0.329 e. The summed E-state index contributed by atoms with van der Waals surface area (Å²) >= 11 is 1.14. The largest absolute Gasteiger partial charge is 0.384 e. The number of H-pyrrole nitrogens is 1. The van der Waals surface area contributed by atoms with Crippen molar-refractivity contribution in [2.75, 3.05) is 11.5 Å². The number of nitrogens with one attached hydrogen (secondary N) is 1. The van der Waals surface area contributed by atoms with Crippen LogP contribution in [0.5, 0.6) is 0 Å². The second kappa shape index (κ2) is 10.1. The van der Waals surface area contributed by atoms with Gasteiger partial charge in [-0.05, 0) is 36.6 Å². The Bertz CT molecular complexity index is 1490. The molecule has 0 radical (unpaired) electrons. The van der Waals surface area contributed by atoms with E-state index in [9.17, 15) is 14.4 Å². The lowest BCUT2D eigenvalue weighted by Crippen LogP contribution is -2.37. The number of nitrogens with zero attached hydrogens (tertiary/aromatic N) is 5. The zero-order chi connectivity index (χ0) is 25.1. The second-order valence-electron chi connectivity index (χ2n) is 8.40. The number of hydrogen-bond donors (Lipinski definition) is 2. The summed E-state index contributed by atoms with van der Waals surface area (Å²) in [7, 11) is 0. The predicted molar refractivity (Wildman–Crippen MR) is 135 cm³/mol. The number of pyridine rings is 1. The maximum Gasteiger partial charge on any atom is 0.329 e. The first-order chi connectivity index (χ1) is 16.8. The van der Waals surface area contributed by atoms with E-state index in [0.29, 0.717) is 11.0 Å². The van der Waals surface area contributed by atoms with Crippen LogP contribution < -0.4 is 17.0 Å². The van der Waals surface area contributed by atoms with Crippen LogP contribution in [0, 0.1) is 12.8 Å². The molecule has 3 heterocycles. The number of para-hydroxylation sites is 1. The van der Waals surface area contributed by atoms with E-state index in [1.165, 1.54) is 4.57 Å². The highest BCUT2D eigenvalue weighted by Gasteiger charge is 2.23. The van der Waals surface area contributed by atoms with Crippen molar-refractivity contribution in [3.05, 3.63) is 80.8 Å². The Morgan fingerprint density at radius 2 is 1.83 bits per heavy atom. The Morgan fingerprint density at radius 1 is 1.11 bits per heavy atom. The highest BCUT2D eigenvalue weighted by atomic mass is 32.2. The number of ketones is 1. The third-order valence-corrected chi connectivity index (χ3v) is 6.26. The summed E-state index contributed by atoms with van der Waals surface area (Å²) in [5.41, 5.74) is 7.12. The maximum absolute atomic E-state index is 13.1. The minimum absolute atomic E-state index is 0.0949. The molecule has 0 unspecified atom stereocenters. The first-order valence-electron chi connectivity index (χ1n) is 11.0. The number of thioether (sulfide) groups is 1. The van der Waals surface area contributed by atoms with Crippen molar-refractivity contribution in [1.29, 1.82) is 0 Å². The second-order valence-corrected chi connectivity index (χ2v) is 9.34. The molecule has 10 nitrogen and oxygen atoms in total. The molecule has 0 atom stereocenters. The van der Waals surface area contributed by atoms with Gasteiger partial charge in [-0.15, -0.1) is 10.2 Å². The van der Waals surface area contributed by atoms with Gasteiger partial charge in [0.15, 0.2) is 16.8 Å². The van der Waals surface area contributed by atoms with Gasteiger partial charge in [0.1, 0.15) is 11.4 Å². The van der Waals surface area contributed by atoms with Crippen LogP contribution in [-0.4, -0.2) is 40.8 Å². The minimum atomic E-state index is -0.795. The monoisotopic (exact) mass is 491 g/mol. The summed E-state index contributed by atoms with van der Waals surface area (Å²) in [5.74, 6) is -0.0583. The summed E-state index contributed by atoms with van der Waals surface area (Å²) in [5, 5.41) is 9.16. The molecule has 0 aliphatic carbocycles. The Morgan fingerprint density at radius 3 is 2.51 bits per heavy atom. The standard InChI is InChI=1S/C24H25N7O3S/c1-14(2)12-30-20(25)19(22(33)27-23(30)34)18(32)13-35-24-29-28-21(16-8-10-26-11-9-16)31(24)17-7-5-4-6-15(17)3/h4-11,14H,12-13,25H2,1-3H3,(H,27,33,34). The highest BCUT2D eigenvalue weighted by Crippen LogP contribution is 2.29. The van der Waals surface area contributed by atoms with E-state index >= 15 is 0 Å². The molecule has 0 aliphatic heterocycles. The summed E-state index contributed by atoms with van der Waals surface area (Å²) in [6.45, 7) is 6.08. The SMILES string of the molecule is Cc1ccccc1-n1c(SCC(=O)c2c(N)n(CC(C)C)c(=O)[nH]c2=O)nnc1-c1ccncc1. The van der Waals surface area contributed by atoms with Gasteiger partial charge in [0.25, 0.3) is 5.56 Å². The zero-order valence-corrected chi connectivity index (χ0v) is 20.4.